The van der Waals surface area contributed by atoms with Gasteiger partial charge in [0.15, 0.2) is 0 Å². The third kappa shape index (κ3) is 5.43. The smallest absolute Gasteiger partial charge is 0.221 e. The molecular formula is C8H14N2O. The molecule has 62 valence electrons. The molecule has 3 N–H and O–H groups in total. The summed E-state index contributed by atoms with van der Waals surface area (Å²) in [7, 11) is 0. The van der Waals surface area contributed by atoms with Gasteiger partial charge in [0.05, 0.1) is 6.54 Å². The van der Waals surface area contributed by atoms with Gasteiger partial charge < -0.3 is 11.1 Å². The molecule has 0 aliphatic carbocycles. The highest BCUT2D eigenvalue weighted by Crippen LogP contribution is 1.87. The van der Waals surface area contributed by atoms with Gasteiger partial charge >= 0.3 is 0 Å². The van der Waals surface area contributed by atoms with Crippen molar-refractivity contribution in [3.63, 3.8) is 0 Å². The van der Waals surface area contributed by atoms with E-state index < -0.39 is 0 Å². The van der Waals surface area contributed by atoms with Gasteiger partial charge in [0.2, 0.25) is 5.91 Å². The first-order valence-corrected chi connectivity index (χ1v) is 3.58. The van der Waals surface area contributed by atoms with E-state index in [-0.39, 0.29) is 11.8 Å². The lowest BCUT2D eigenvalue weighted by atomic mass is 10.2. The quantitative estimate of drug-likeness (QED) is 0.432. The van der Waals surface area contributed by atoms with E-state index in [4.69, 9.17) is 5.73 Å². The Hall–Kier alpha value is -1.01. The number of primary amides is 1. The van der Waals surface area contributed by atoms with Crippen molar-refractivity contribution >= 4 is 5.91 Å². The number of hydrogen-bond donors (Lipinski definition) is 2. The van der Waals surface area contributed by atoms with Crippen LogP contribution in [0, 0.1) is 17.8 Å². The van der Waals surface area contributed by atoms with Crippen LogP contribution in [0.2, 0.25) is 0 Å². The topological polar surface area (TPSA) is 55.1 Å². The lowest BCUT2D eigenvalue weighted by molar-refractivity contribution is -0.121. The minimum atomic E-state index is -0.276. The van der Waals surface area contributed by atoms with E-state index in [1.54, 1.807) is 13.8 Å². The van der Waals surface area contributed by atoms with Crippen molar-refractivity contribution in [2.75, 3.05) is 13.1 Å². The largest absolute Gasteiger partial charge is 0.369 e. The fourth-order valence-corrected chi connectivity index (χ4v) is 0.540. The zero-order valence-corrected chi connectivity index (χ0v) is 6.98. The van der Waals surface area contributed by atoms with Crippen LogP contribution in [0.3, 0.4) is 0 Å². The molecule has 3 nitrogen and oxygen atoms in total. The number of hydrogen-bond acceptors (Lipinski definition) is 2. The summed E-state index contributed by atoms with van der Waals surface area (Å²) in [4.78, 5) is 10.5. The van der Waals surface area contributed by atoms with Crippen LogP contribution in [0.15, 0.2) is 0 Å². The summed E-state index contributed by atoms with van der Waals surface area (Å²) in [6, 6.07) is 0. The van der Waals surface area contributed by atoms with Gasteiger partial charge in [0, 0.05) is 12.5 Å². The lowest BCUT2D eigenvalue weighted by Crippen LogP contribution is -2.31. The molecular weight excluding hydrogens is 140 g/mol. The molecule has 0 spiro atoms. The molecule has 0 aromatic rings. The predicted octanol–water partition coefficient (Wildman–Crippen LogP) is -0.279. The Balaban J connectivity index is 3.36. The number of carbonyl (C=O) groups excluding carboxylic acids is 1. The first-order chi connectivity index (χ1) is 5.18. The van der Waals surface area contributed by atoms with Crippen LogP contribution in [0.25, 0.3) is 0 Å². The van der Waals surface area contributed by atoms with E-state index in [1.807, 2.05) is 0 Å². The number of nitrogens with one attached hydrogen (secondary N) is 1. The molecule has 0 saturated heterocycles. The van der Waals surface area contributed by atoms with Gasteiger partial charge in [0.1, 0.15) is 0 Å². The maximum Gasteiger partial charge on any atom is 0.221 e. The van der Waals surface area contributed by atoms with E-state index >= 15 is 0 Å². The van der Waals surface area contributed by atoms with Crippen LogP contribution in [0.1, 0.15) is 13.8 Å². The Morgan fingerprint density at radius 1 is 1.73 bits per heavy atom. The van der Waals surface area contributed by atoms with Crippen LogP contribution >= 0.6 is 0 Å². The van der Waals surface area contributed by atoms with Crippen molar-refractivity contribution in [1.29, 1.82) is 0 Å². The fraction of sp³-hybridized carbons (Fsp3) is 0.625. The molecule has 1 amide bonds. The Labute approximate surface area is 67.3 Å². The second kappa shape index (κ2) is 5.75. The van der Waals surface area contributed by atoms with Crippen molar-refractivity contribution in [1.82, 2.24) is 5.32 Å². The molecule has 0 aromatic heterocycles. The van der Waals surface area contributed by atoms with Crippen LogP contribution < -0.4 is 11.1 Å². The number of amides is 1. The van der Waals surface area contributed by atoms with Gasteiger partial charge in [-0.15, -0.1) is 5.92 Å². The minimum Gasteiger partial charge on any atom is -0.369 e. The Morgan fingerprint density at radius 3 is 2.82 bits per heavy atom. The summed E-state index contributed by atoms with van der Waals surface area (Å²) >= 11 is 0. The average molecular weight is 154 g/mol. The number of carbonyl (C=O) groups is 1. The molecule has 3 heteroatoms. The number of nitrogens with two attached hydrogens (primary N) is 1. The molecule has 0 rings (SSSR count). The predicted molar refractivity (Wildman–Crippen MR) is 44.7 cm³/mol. The van der Waals surface area contributed by atoms with Crippen molar-refractivity contribution in [2.45, 2.75) is 13.8 Å². The molecule has 11 heavy (non-hydrogen) atoms. The van der Waals surface area contributed by atoms with Gasteiger partial charge in [-0.25, -0.2) is 0 Å². The maximum atomic E-state index is 10.5. The zero-order valence-electron chi connectivity index (χ0n) is 6.98. The van der Waals surface area contributed by atoms with Gasteiger partial charge in [-0.1, -0.05) is 12.8 Å². The molecule has 0 aliphatic heterocycles. The first-order valence-electron chi connectivity index (χ1n) is 3.58. The lowest BCUT2D eigenvalue weighted by Gasteiger charge is -2.05. The molecule has 0 aromatic carbocycles. The summed E-state index contributed by atoms with van der Waals surface area (Å²) < 4.78 is 0. The maximum absolute atomic E-state index is 10.5. The van der Waals surface area contributed by atoms with E-state index in [0.717, 1.165) is 0 Å². The van der Waals surface area contributed by atoms with Crippen molar-refractivity contribution in [3.05, 3.63) is 0 Å². The minimum absolute atomic E-state index is 0.117. The second-order valence-corrected chi connectivity index (χ2v) is 2.36. The molecule has 1 atom stereocenters. The second-order valence-electron chi connectivity index (χ2n) is 2.36. The molecule has 0 saturated carbocycles. The third-order valence-corrected chi connectivity index (χ3v) is 1.33. The summed E-state index contributed by atoms with van der Waals surface area (Å²) in [5.41, 5.74) is 5.04. The summed E-state index contributed by atoms with van der Waals surface area (Å²) in [5.74, 6) is 5.18. The standard InChI is InChI=1S/C8H14N2O/c1-3-4-5-10-6-7(2)8(9)11/h7,10H,5-6H2,1-2H3,(H2,9,11). The average Bonchev–Trinajstić information content (AvgIpc) is 1.97. The van der Waals surface area contributed by atoms with Gasteiger partial charge in [0.25, 0.3) is 0 Å². The van der Waals surface area contributed by atoms with Crippen LogP contribution in [0.4, 0.5) is 0 Å². The molecule has 0 heterocycles. The SMILES string of the molecule is CC#CCNCC(C)C(N)=O. The highest BCUT2D eigenvalue weighted by molar-refractivity contribution is 5.76. The Bertz CT molecular complexity index is 178. The van der Waals surface area contributed by atoms with E-state index in [2.05, 4.69) is 17.2 Å². The third-order valence-electron chi connectivity index (χ3n) is 1.33. The molecule has 0 radical (unpaired) electrons. The van der Waals surface area contributed by atoms with Crippen molar-refractivity contribution in [2.24, 2.45) is 11.7 Å². The summed E-state index contributed by atoms with van der Waals surface area (Å²) in [6.07, 6.45) is 0. The van der Waals surface area contributed by atoms with Gasteiger partial charge in [-0.2, -0.15) is 0 Å². The van der Waals surface area contributed by atoms with Crippen molar-refractivity contribution in [3.8, 4) is 11.8 Å². The Kier molecular flexibility index (Phi) is 5.22. The molecule has 1 unspecified atom stereocenters. The van der Waals surface area contributed by atoms with E-state index in [9.17, 15) is 4.79 Å². The monoisotopic (exact) mass is 154 g/mol. The van der Waals surface area contributed by atoms with Gasteiger partial charge in [-0.3, -0.25) is 4.79 Å². The highest BCUT2D eigenvalue weighted by Gasteiger charge is 2.05. The first kappa shape index (κ1) is 9.99. The van der Waals surface area contributed by atoms with Crippen LogP contribution in [-0.4, -0.2) is 19.0 Å². The summed E-state index contributed by atoms with van der Waals surface area (Å²) in [6.45, 7) is 4.78. The van der Waals surface area contributed by atoms with Gasteiger partial charge in [-0.05, 0) is 6.92 Å². The molecule has 0 aliphatic rings. The van der Waals surface area contributed by atoms with Crippen LogP contribution in [0.5, 0.6) is 0 Å². The number of rotatable bonds is 4. The van der Waals surface area contributed by atoms with E-state index in [1.165, 1.54) is 0 Å². The van der Waals surface area contributed by atoms with Crippen LogP contribution in [-0.2, 0) is 4.79 Å². The van der Waals surface area contributed by atoms with E-state index in [0.29, 0.717) is 13.1 Å². The molecule has 0 fully saturated rings. The van der Waals surface area contributed by atoms with Crippen molar-refractivity contribution < 1.29 is 4.79 Å². The summed E-state index contributed by atoms with van der Waals surface area (Å²) in [5, 5.41) is 2.99. The Morgan fingerprint density at radius 2 is 2.36 bits per heavy atom. The highest BCUT2D eigenvalue weighted by atomic mass is 16.1. The molecule has 0 bridgehead atoms. The fourth-order valence-electron chi connectivity index (χ4n) is 0.540. The zero-order chi connectivity index (χ0) is 8.69. The normalized spacial score (nSPS) is 11.5.